The lowest BCUT2D eigenvalue weighted by Crippen LogP contribution is -2.48. The molecule has 0 N–H and O–H groups in total. The van der Waals surface area contributed by atoms with Gasteiger partial charge in [0, 0.05) is 38.8 Å². The van der Waals surface area contributed by atoms with Gasteiger partial charge in [-0.05, 0) is 46.2 Å². The van der Waals surface area contributed by atoms with Gasteiger partial charge in [-0.15, -0.1) is 0 Å². The normalized spacial score (nSPS) is 13.7. The van der Waals surface area contributed by atoms with Crippen LogP contribution in [-0.2, 0) is 0 Å². The highest BCUT2D eigenvalue weighted by atomic mass is 15.3. The molecular weight excluding hydrogens is 284 g/mol. The van der Waals surface area contributed by atoms with E-state index in [1.165, 1.54) is 32.7 Å². The highest BCUT2D eigenvalue weighted by molar-refractivity contribution is 4.74. The Morgan fingerprint density at radius 3 is 1.17 bits per heavy atom. The fourth-order valence-corrected chi connectivity index (χ4v) is 3.14. The topological polar surface area (TPSA) is 13.0 Å². The molecule has 0 aliphatic rings. The first kappa shape index (κ1) is 22.8. The molecule has 0 heterocycles. The van der Waals surface area contributed by atoms with E-state index in [-0.39, 0.29) is 0 Å². The molecule has 1 atom stereocenters. The summed E-state index contributed by atoms with van der Waals surface area (Å²) in [6.07, 6.45) is 0. The third kappa shape index (κ3) is 9.65. The molecular formula is C19H44N4. The fourth-order valence-electron chi connectivity index (χ4n) is 3.14. The van der Waals surface area contributed by atoms with E-state index < -0.39 is 0 Å². The van der Waals surface area contributed by atoms with E-state index in [9.17, 15) is 0 Å². The zero-order valence-corrected chi connectivity index (χ0v) is 17.1. The number of hydrogen-bond donors (Lipinski definition) is 0. The van der Waals surface area contributed by atoms with Crippen molar-refractivity contribution in [2.24, 2.45) is 0 Å². The van der Waals surface area contributed by atoms with Crippen molar-refractivity contribution in [1.29, 1.82) is 0 Å². The van der Waals surface area contributed by atoms with Crippen molar-refractivity contribution in [2.75, 3.05) is 72.0 Å². The van der Waals surface area contributed by atoms with Gasteiger partial charge in [-0.3, -0.25) is 4.90 Å². The van der Waals surface area contributed by atoms with Crippen molar-refractivity contribution in [3.8, 4) is 0 Å². The van der Waals surface area contributed by atoms with E-state index in [0.29, 0.717) is 6.04 Å². The molecule has 4 heteroatoms. The molecule has 0 aliphatic carbocycles. The van der Waals surface area contributed by atoms with Crippen molar-refractivity contribution in [3.63, 3.8) is 0 Å². The smallest absolute Gasteiger partial charge is 0.0195 e. The summed E-state index contributed by atoms with van der Waals surface area (Å²) in [5.41, 5.74) is 0. The van der Waals surface area contributed by atoms with Crippen LogP contribution in [0.25, 0.3) is 0 Å². The second kappa shape index (κ2) is 14.2. The Kier molecular flexibility index (Phi) is 14.1. The molecule has 23 heavy (non-hydrogen) atoms. The molecule has 0 amide bonds. The minimum atomic E-state index is 0.626. The lowest BCUT2D eigenvalue weighted by Gasteiger charge is -2.35. The van der Waals surface area contributed by atoms with Gasteiger partial charge in [0.25, 0.3) is 0 Å². The highest BCUT2D eigenvalue weighted by Gasteiger charge is 2.17. The van der Waals surface area contributed by atoms with E-state index in [0.717, 1.165) is 39.3 Å². The van der Waals surface area contributed by atoms with Crippen LogP contribution < -0.4 is 0 Å². The Hall–Kier alpha value is -0.160. The Morgan fingerprint density at radius 1 is 0.522 bits per heavy atom. The van der Waals surface area contributed by atoms with Crippen molar-refractivity contribution >= 4 is 0 Å². The van der Waals surface area contributed by atoms with Gasteiger partial charge in [0.05, 0.1) is 0 Å². The molecule has 0 aromatic rings. The summed E-state index contributed by atoms with van der Waals surface area (Å²) in [6, 6.07) is 0.626. The standard InChI is InChI=1S/C19H44N4/c1-8-20(9-2)14-16-23(17-15-21(10-3)11-4)19(7)18-22(12-5)13-6/h19H,8-18H2,1-7H3. The molecule has 0 spiro atoms. The predicted octanol–water partition coefficient (Wildman–Crippen LogP) is 2.70. The molecule has 0 radical (unpaired) electrons. The molecule has 0 aliphatic heterocycles. The third-order valence-electron chi connectivity index (χ3n) is 5.24. The maximum absolute atomic E-state index is 2.70. The van der Waals surface area contributed by atoms with Crippen LogP contribution in [0.4, 0.5) is 0 Å². The van der Waals surface area contributed by atoms with Gasteiger partial charge in [-0.25, -0.2) is 0 Å². The van der Waals surface area contributed by atoms with Gasteiger partial charge < -0.3 is 14.7 Å². The first-order chi connectivity index (χ1) is 11.1. The van der Waals surface area contributed by atoms with E-state index in [2.05, 4.69) is 68.1 Å². The van der Waals surface area contributed by atoms with Gasteiger partial charge in [-0.2, -0.15) is 0 Å². The molecule has 0 aromatic heterocycles. The molecule has 0 saturated carbocycles. The van der Waals surface area contributed by atoms with Crippen LogP contribution in [0.1, 0.15) is 48.5 Å². The van der Waals surface area contributed by atoms with Gasteiger partial charge in [-0.1, -0.05) is 41.5 Å². The molecule has 0 saturated heterocycles. The van der Waals surface area contributed by atoms with Crippen molar-refractivity contribution < 1.29 is 0 Å². The predicted molar refractivity (Wildman–Crippen MR) is 104 cm³/mol. The Bertz CT molecular complexity index is 232. The van der Waals surface area contributed by atoms with Gasteiger partial charge in [0.15, 0.2) is 0 Å². The Morgan fingerprint density at radius 2 is 0.870 bits per heavy atom. The van der Waals surface area contributed by atoms with Gasteiger partial charge >= 0.3 is 0 Å². The summed E-state index contributed by atoms with van der Waals surface area (Å²) in [5, 5.41) is 0. The van der Waals surface area contributed by atoms with Crippen LogP contribution in [0.5, 0.6) is 0 Å². The van der Waals surface area contributed by atoms with E-state index in [1.54, 1.807) is 0 Å². The highest BCUT2D eigenvalue weighted by Crippen LogP contribution is 2.04. The maximum atomic E-state index is 2.70. The molecule has 0 fully saturated rings. The monoisotopic (exact) mass is 328 g/mol. The molecule has 0 rings (SSSR count). The summed E-state index contributed by atoms with van der Waals surface area (Å²) in [4.78, 5) is 10.3. The average Bonchev–Trinajstić information content (AvgIpc) is 2.58. The average molecular weight is 329 g/mol. The lowest BCUT2D eigenvalue weighted by atomic mass is 10.2. The van der Waals surface area contributed by atoms with Crippen LogP contribution in [0, 0.1) is 0 Å². The Balaban J connectivity index is 4.62. The van der Waals surface area contributed by atoms with Crippen LogP contribution in [0.15, 0.2) is 0 Å². The molecule has 0 bridgehead atoms. The van der Waals surface area contributed by atoms with Crippen LogP contribution in [-0.4, -0.2) is 97.6 Å². The largest absolute Gasteiger partial charge is 0.303 e. The van der Waals surface area contributed by atoms with Crippen LogP contribution in [0.2, 0.25) is 0 Å². The van der Waals surface area contributed by atoms with E-state index in [4.69, 9.17) is 0 Å². The number of likely N-dealkylation sites (N-methyl/N-ethyl adjacent to an activating group) is 3. The van der Waals surface area contributed by atoms with E-state index in [1.807, 2.05) is 0 Å². The lowest BCUT2D eigenvalue weighted by molar-refractivity contribution is 0.122. The summed E-state index contributed by atoms with van der Waals surface area (Å²) in [6.45, 7) is 28.9. The minimum Gasteiger partial charge on any atom is -0.303 e. The first-order valence-electron chi connectivity index (χ1n) is 9.96. The molecule has 140 valence electrons. The summed E-state index contributed by atoms with van der Waals surface area (Å²) in [7, 11) is 0. The minimum absolute atomic E-state index is 0.626. The zero-order chi connectivity index (χ0) is 17.7. The SMILES string of the molecule is CCN(CC)CCN(CCN(CC)CC)C(C)CN(CC)CC. The van der Waals surface area contributed by atoms with Crippen LogP contribution in [0.3, 0.4) is 0 Å². The maximum Gasteiger partial charge on any atom is 0.0195 e. The number of nitrogens with zero attached hydrogens (tertiary/aromatic N) is 4. The summed E-state index contributed by atoms with van der Waals surface area (Å²) < 4.78 is 0. The third-order valence-corrected chi connectivity index (χ3v) is 5.24. The molecule has 1 unspecified atom stereocenters. The second-order valence-corrected chi connectivity index (χ2v) is 6.42. The second-order valence-electron chi connectivity index (χ2n) is 6.42. The number of hydrogen-bond acceptors (Lipinski definition) is 4. The van der Waals surface area contributed by atoms with Crippen LogP contribution >= 0.6 is 0 Å². The van der Waals surface area contributed by atoms with Crippen molar-refractivity contribution in [1.82, 2.24) is 19.6 Å². The first-order valence-corrected chi connectivity index (χ1v) is 9.96. The Labute approximate surface area is 146 Å². The molecule has 0 aromatic carbocycles. The summed E-state index contributed by atoms with van der Waals surface area (Å²) >= 11 is 0. The quantitative estimate of drug-likeness (QED) is 0.458. The molecule has 4 nitrogen and oxygen atoms in total. The van der Waals surface area contributed by atoms with Crippen molar-refractivity contribution in [2.45, 2.75) is 54.5 Å². The summed E-state index contributed by atoms with van der Waals surface area (Å²) in [5.74, 6) is 0. The number of rotatable bonds is 15. The van der Waals surface area contributed by atoms with Gasteiger partial charge in [0.2, 0.25) is 0 Å². The fraction of sp³-hybridized carbons (Fsp3) is 1.00. The van der Waals surface area contributed by atoms with Crippen molar-refractivity contribution in [3.05, 3.63) is 0 Å². The zero-order valence-electron chi connectivity index (χ0n) is 17.1. The van der Waals surface area contributed by atoms with Gasteiger partial charge in [0.1, 0.15) is 0 Å². The van der Waals surface area contributed by atoms with E-state index >= 15 is 0 Å².